The van der Waals surface area contributed by atoms with Gasteiger partial charge in [-0.05, 0) is 36.1 Å². The number of hydrogen-bond acceptors (Lipinski definition) is 12. The first-order chi connectivity index (χ1) is 17.2. The Morgan fingerprint density at radius 3 is 1.84 bits per heavy atom. The van der Waals surface area contributed by atoms with Crippen LogP contribution in [0.2, 0.25) is 0 Å². The molecule has 0 aliphatic carbocycles. The molecule has 214 valence electrons. The fourth-order valence-electron chi connectivity index (χ4n) is 3.64. The van der Waals surface area contributed by atoms with Gasteiger partial charge in [0, 0.05) is 40.1 Å². The first-order valence-electron chi connectivity index (χ1n) is 11.5. The van der Waals surface area contributed by atoms with Crippen LogP contribution in [0.25, 0.3) is 0 Å². The van der Waals surface area contributed by atoms with Gasteiger partial charge in [-0.25, -0.2) is 0 Å². The number of amides is 1. The molecule has 0 aromatic rings. The Labute approximate surface area is 230 Å². The van der Waals surface area contributed by atoms with Crippen molar-refractivity contribution in [1.29, 1.82) is 0 Å². The normalized spacial score (nSPS) is 24.4. The third-order valence-corrected chi connectivity index (χ3v) is 8.21. The summed E-state index contributed by atoms with van der Waals surface area (Å²) in [4.78, 5) is 56.6. The Hall–Kier alpha value is -1.64. The van der Waals surface area contributed by atoms with E-state index in [-0.39, 0.29) is 16.8 Å². The van der Waals surface area contributed by atoms with E-state index in [0.29, 0.717) is 5.75 Å². The molecule has 1 heterocycles. The van der Waals surface area contributed by atoms with Crippen molar-refractivity contribution < 1.29 is 48.0 Å². The zero-order valence-corrected chi connectivity index (χ0v) is 25.0. The van der Waals surface area contributed by atoms with Crippen molar-refractivity contribution in [1.82, 2.24) is 5.32 Å². The van der Waals surface area contributed by atoms with E-state index in [2.05, 4.69) is 17.8 Å². The Bertz CT molecular complexity index is 765. The highest BCUT2D eigenvalue weighted by Crippen LogP contribution is 2.34. The summed E-state index contributed by atoms with van der Waals surface area (Å²) in [7, 11) is -0.0488. The number of carbonyl (C=O) groups excluding carboxylic acids is 5. The average Bonchev–Trinajstić information content (AvgIpc) is 2.74. The minimum Gasteiger partial charge on any atom is -0.550 e. The van der Waals surface area contributed by atoms with Gasteiger partial charge in [0.2, 0.25) is 5.91 Å². The Balaban J connectivity index is 0.00000300. The molecule has 14 heteroatoms. The van der Waals surface area contributed by atoms with E-state index < -0.39 is 59.8 Å². The number of ether oxygens (including phenoxy) is 4. The molecule has 37 heavy (non-hydrogen) atoms. The van der Waals surface area contributed by atoms with Crippen LogP contribution in [0.4, 0.5) is 0 Å². The van der Waals surface area contributed by atoms with E-state index in [1.54, 1.807) is 18.0 Å². The minimum atomic E-state index is -1.09. The summed E-state index contributed by atoms with van der Waals surface area (Å²) in [6, 6.07) is -0.500. The zero-order chi connectivity index (χ0) is 28.7. The Morgan fingerprint density at radius 2 is 1.41 bits per heavy atom. The lowest BCUT2D eigenvalue weighted by atomic mass is 9.94. The molecule has 1 fully saturated rings. The van der Waals surface area contributed by atoms with Gasteiger partial charge in [-0.3, -0.25) is 19.2 Å². The maximum absolute atomic E-state index is 12.1. The molecule has 0 radical (unpaired) electrons. The summed E-state index contributed by atoms with van der Waals surface area (Å²) in [6.45, 7) is 6.10. The van der Waals surface area contributed by atoms with Crippen LogP contribution in [0, 0.1) is 0 Å². The van der Waals surface area contributed by atoms with Gasteiger partial charge in [-0.2, -0.15) is 11.8 Å². The molecule has 1 amide bonds. The summed E-state index contributed by atoms with van der Waals surface area (Å²) in [5.41, 5.74) is -0.693. The average molecular weight is 586 g/mol. The summed E-state index contributed by atoms with van der Waals surface area (Å²) in [5, 5.41) is 11.8. The second-order valence-electron chi connectivity index (χ2n) is 8.22. The molecule has 1 unspecified atom stereocenters. The van der Waals surface area contributed by atoms with Gasteiger partial charge in [0.25, 0.3) is 0 Å². The standard InChI is InChI=1S/C21H35NO8S3.C2H4O2/c1-12(23)22-16(11-33(7)10-8-9-31-5)17-18(27-13(2)24)19(28-14(3)25)20(29-15(4)26)21(30-17)32-6;1-2(3)4/h16-21H,8-11H2,1-7H3;1H3,(H,3,4)/t16-,17+,18-,19-,20+,21+,33?;/m0./s1. The number of rotatable bonds is 12. The fraction of sp³-hybridized carbons (Fsp3) is 0.783. The number of esters is 3. The zero-order valence-electron chi connectivity index (χ0n) is 22.6. The molecular weight excluding hydrogens is 546 g/mol. The topological polar surface area (TPSA) is 157 Å². The van der Waals surface area contributed by atoms with Crippen molar-refractivity contribution in [2.45, 2.75) is 76.9 Å². The van der Waals surface area contributed by atoms with Crippen molar-refractivity contribution in [2.75, 3.05) is 36.0 Å². The number of nitrogens with one attached hydrogen (secondary N) is 1. The van der Waals surface area contributed by atoms with E-state index in [1.165, 1.54) is 39.5 Å². The van der Waals surface area contributed by atoms with Crippen LogP contribution >= 0.6 is 23.5 Å². The van der Waals surface area contributed by atoms with Gasteiger partial charge >= 0.3 is 17.9 Å². The highest BCUT2D eigenvalue weighted by atomic mass is 32.2. The van der Waals surface area contributed by atoms with Crippen LogP contribution in [0.1, 0.15) is 41.0 Å². The Morgan fingerprint density at radius 1 is 0.919 bits per heavy atom. The molecule has 1 N–H and O–H groups in total. The number of aliphatic carboxylic acids is 1. The second-order valence-corrected chi connectivity index (χ2v) is 12.5. The number of carbonyl (C=O) groups is 5. The summed E-state index contributed by atoms with van der Waals surface area (Å²) < 4.78 is 22.8. The molecule has 1 aliphatic rings. The van der Waals surface area contributed by atoms with Crippen molar-refractivity contribution in [3.63, 3.8) is 0 Å². The maximum Gasteiger partial charge on any atom is 0.303 e. The predicted molar refractivity (Wildman–Crippen MR) is 143 cm³/mol. The van der Waals surface area contributed by atoms with Gasteiger partial charge in [0.15, 0.2) is 18.3 Å². The van der Waals surface area contributed by atoms with Crippen molar-refractivity contribution >= 4 is 64.2 Å². The minimum absolute atomic E-state index is 0.0488. The molecule has 11 nitrogen and oxygen atoms in total. The number of thioether (sulfide) groups is 2. The van der Waals surface area contributed by atoms with Gasteiger partial charge in [-0.1, -0.05) is 0 Å². The van der Waals surface area contributed by atoms with E-state index in [0.717, 1.165) is 24.9 Å². The van der Waals surface area contributed by atoms with Gasteiger partial charge < -0.3 is 34.2 Å². The van der Waals surface area contributed by atoms with Crippen LogP contribution < -0.4 is 10.4 Å². The van der Waals surface area contributed by atoms with Crippen molar-refractivity contribution in [3.05, 3.63) is 0 Å². The first kappa shape index (κ1) is 35.4. The van der Waals surface area contributed by atoms with Crippen LogP contribution in [0.15, 0.2) is 0 Å². The van der Waals surface area contributed by atoms with Gasteiger partial charge in [0.05, 0.1) is 6.26 Å². The van der Waals surface area contributed by atoms with E-state index >= 15 is 0 Å². The van der Waals surface area contributed by atoms with E-state index in [1.807, 2.05) is 0 Å². The van der Waals surface area contributed by atoms with Crippen molar-refractivity contribution in [3.8, 4) is 0 Å². The van der Waals surface area contributed by atoms with Crippen LogP contribution in [-0.4, -0.2) is 102 Å². The number of carboxylic acid groups (broad SMARTS) is 1. The maximum atomic E-state index is 12.1. The summed E-state index contributed by atoms with van der Waals surface area (Å²) >= 11 is 3.06. The lowest BCUT2D eigenvalue weighted by Gasteiger charge is -2.46. The van der Waals surface area contributed by atoms with Crippen LogP contribution in [0.3, 0.4) is 0 Å². The Kier molecular flexibility index (Phi) is 17.8. The summed E-state index contributed by atoms with van der Waals surface area (Å²) in [5.74, 6) is -0.504. The molecule has 1 aliphatic heterocycles. The molecule has 7 atom stereocenters. The quantitative estimate of drug-likeness (QED) is 0.143. The molecule has 0 aromatic heterocycles. The van der Waals surface area contributed by atoms with E-state index in [4.69, 9.17) is 28.8 Å². The first-order valence-corrected chi connectivity index (χ1v) is 16.1. The van der Waals surface area contributed by atoms with Crippen LogP contribution in [0.5, 0.6) is 0 Å². The predicted octanol–water partition coefficient (Wildman–Crippen LogP) is 0.132. The molecule has 1 rings (SSSR count). The van der Waals surface area contributed by atoms with E-state index in [9.17, 15) is 19.2 Å². The van der Waals surface area contributed by atoms with Gasteiger partial charge in [-0.15, -0.1) is 11.8 Å². The lowest BCUT2D eigenvalue weighted by molar-refractivity contribution is -0.302. The van der Waals surface area contributed by atoms with Crippen molar-refractivity contribution in [2.24, 2.45) is 0 Å². The number of carboxylic acids is 1. The second kappa shape index (κ2) is 18.6. The lowest BCUT2D eigenvalue weighted by Crippen LogP contribution is -2.66. The molecule has 0 aromatic carbocycles. The summed E-state index contributed by atoms with van der Waals surface area (Å²) in [6.07, 6.45) is 3.06. The van der Waals surface area contributed by atoms with Crippen LogP contribution in [-0.2, 0) is 53.8 Å². The molecule has 0 bridgehead atoms. The smallest absolute Gasteiger partial charge is 0.303 e. The molecule has 1 saturated heterocycles. The van der Waals surface area contributed by atoms with Gasteiger partial charge in [0.1, 0.15) is 29.1 Å². The third-order valence-electron chi connectivity index (χ3n) is 4.76. The third kappa shape index (κ3) is 14.8. The largest absolute Gasteiger partial charge is 0.550 e. The fourth-order valence-corrected chi connectivity index (χ4v) is 6.66. The highest BCUT2D eigenvalue weighted by Gasteiger charge is 2.54. The highest BCUT2D eigenvalue weighted by molar-refractivity contribution is 7.99. The monoisotopic (exact) mass is 585 g/mol. The molecule has 0 spiro atoms. The molecular formula is C23H39NO10S3. The SMILES string of the molecule is CC(=O)[O-].CSCCC[S+](C)C[C@H](NC(C)=O)[C@H]1O[C@H](SC)[C@H](OC(C)=O)[C@@H](OC(C)=O)[C@H]1OC(C)=O. The number of hydrogen-bond donors (Lipinski definition) is 1. The molecule has 0 saturated carbocycles.